The number of rotatable bonds is 7. The van der Waals surface area contributed by atoms with Crippen molar-refractivity contribution in [3.63, 3.8) is 0 Å². The van der Waals surface area contributed by atoms with Crippen LogP contribution >= 0.6 is 11.6 Å². The molecule has 1 aliphatic rings. The van der Waals surface area contributed by atoms with E-state index >= 15 is 0 Å². The quantitative estimate of drug-likeness (QED) is 0.571. The lowest BCUT2D eigenvalue weighted by Gasteiger charge is -2.25. The molecule has 2 aromatic rings. The van der Waals surface area contributed by atoms with E-state index < -0.39 is 45.8 Å². The van der Waals surface area contributed by atoms with Gasteiger partial charge in [0, 0.05) is 14.1 Å². The third kappa shape index (κ3) is 4.56. The van der Waals surface area contributed by atoms with Gasteiger partial charge in [-0.3, -0.25) is 14.5 Å². The topological polar surface area (TPSA) is 116 Å². The van der Waals surface area contributed by atoms with Crippen LogP contribution in [0.25, 0.3) is 0 Å². The van der Waals surface area contributed by atoms with Crippen LogP contribution in [0.3, 0.4) is 0 Å². The van der Waals surface area contributed by atoms with Crippen molar-refractivity contribution < 1.29 is 27.2 Å². The molecular weight excluding hydrogens is 475 g/mol. The summed E-state index contributed by atoms with van der Waals surface area (Å²) in [6, 6.07) is 8.18. The molecule has 0 bridgehead atoms. The fourth-order valence-electron chi connectivity index (χ4n) is 3.45. The first-order chi connectivity index (χ1) is 15.4. The van der Waals surface area contributed by atoms with Crippen LogP contribution in [0.2, 0.25) is 5.02 Å². The van der Waals surface area contributed by atoms with E-state index in [1.54, 1.807) is 6.92 Å². The summed E-state index contributed by atoms with van der Waals surface area (Å²) >= 11 is 6.09. The number of hydrogen-bond acceptors (Lipinski definition) is 5. The van der Waals surface area contributed by atoms with Crippen LogP contribution in [-0.4, -0.2) is 56.1 Å². The SMILES string of the molecule is CC[C@@]1(c2ccc(F)cc2)NC(=O)N(CC(=O)Nc2cc(S(=O)(=O)N(C)C)ccc2Cl)C1=O. The number of nitrogens with one attached hydrogen (secondary N) is 2. The molecule has 1 aliphatic heterocycles. The van der Waals surface area contributed by atoms with Crippen LogP contribution < -0.4 is 10.6 Å². The Bertz CT molecular complexity index is 1220. The van der Waals surface area contributed by atoms with Crippen LogP contribution in [0.4, 0.5) is 14.9 Å². The number of halogens is 2. The first-order valence-corrected chi connectivity index (χ1v) is 11.7. The van der Waals surface area contributed by atoms with Gasteiger partial charge in [0.05, 0.1) is 15.6 Å². The second-order valence-electron chi connectivity index (χ2n) is 7.56. The molecule has 0 unspecified atom stereocenters. The van der Waals surface area contributed by atoms with E-state index in [9.17, 15) is 27.2 Å². The zero-order chi connectivity index (χ0) is 24.6. The van der Waals surface area contributed by atoms with Gasteiger partial charge in [-0.05, 0) is 42.3 Å². The van der Waals surface area contributed by atoms with Crippen LogP contribution in [0.1, 0.15) is 18.9 Å². The van der Waals surface area contributed by atoms with Crippen molar-refractivity contribution in [2.24, 2.45) is 0 Å². The highest BCUT2D eigenvalue weighted by atomic mass is 35.5. The van der Waals surface area contributed by atoms with E-state index in [0.29, 0.717) is 5.56 Å². The summed E-state index contributed by atoms with van der Waals surface area (Å²) in [4.78, 5) is 39.0. The highest BCUT2D eigenvalue weighted by Gasteiger charge is 2.51. The number of carbonyl (C=O) groups is 3. The van der Waals surface area contributed by atoms with E-state index in [1.807, 2.05) is 0 Å². The van der Waals surface area contributed by atoms with Gasteiger partial charge in [-0.15, -0.1) is 0 Å². The monoisotopic (exact) mass is 496 g/mol. The maximum Gasteiger partial charge on any atom is 0.325 e. The van der Waals surface area contributed by atoms with Gasteiger partial charge in [0.25, 0.3) is 5.91 Å². The first-order valence-electron chi connectivity index (χ1n) is 9.84. The zero-order valence-electron chi connectivity index (χ0n) is 18.1. The maximum absolute atomic E-state index is 13.3. The Morgan fingerprint density at radius 2 is 1.82 bits per heavy atom. The average molecular weight is 497 g/mol. The Balaban J connectivity index is 1.82. The molecule has 4 amide bonds. The number of anilines is 1. The number of hydrogen-bond donors (Lipinski definition) is 2. The Labute approximate surface area is 195 Å². The number of sulfonamides is 1. The Kier molecular flexibility index (Phi) is 6.78. The van der Waals surface area contributed by atoms with Crippen LogP contribution in [-0.2, 0) is 25.2 Å². The molecule has 1 saturated heterocycles. The molecule has 0 spiro atoms. The summed E-state index contributed by atoms with van der Waals surface area (Å²) in [6.45, 7) is 1.05. The molecule has 12 heteroatoms. The van der Waals surface area contributed by atoms with E-state index in [1.165, 1.54) is 56.6 Å². The molecule has 1 heterocycles. The molecule has 9 nitrogen and oxygen atoms in total. The van der Waals surface area contributed by atoms with Gasteiger partial charge in [-0.25, -0.2) is 21.9 Å². The second kappa shape index (κ2) is 9.08. The Morgan fingerprint density at radius 1 is 1.18 bits per heavy atom. The van der Waals surface area contributed by atoms with Gasteiger partial charge in [0.2, 0.25) is 15.9 Å². The third-order valence-electron chi connectivity index (χ3n) is 5.34. The van der Waals surface area contributed by atoms with Crippen LogP contribution in [0.5, 0.6) is 0 Å². The molecule has 0 radical (unpaired) electrons. The zero-order valence-corrected chi connectivity index (χ0v) is 19.6. The van der Waals surface area contributed by atoms with E-state index in [-0.39, 0.29) is 22.0 Å². The molecule has 176 valence electrons. The summed E-state index contributed by atoms with van der Waals surface area (Å²) in [6.07, 6.45) is 0.178. The van der Waals surface area contributed by atoms with Crippen LogP contribution in [0, 0.1) is 5.82 Å². The van der Waals surface area contributed by atoms with Gasteiger partial charge in [0.1, 0.15) is 17.9 Å². The normalized spacial score (nSPS) is 18.5. The Hall–Kier alpha value is -3.02. The lowest BCUT2D eigenvalue weighted by Crippen LogP contribution is -2.44. The number of nitrogens with zero attached hydrogens (tertiary/aromatic N) is 2. The standard InChI is InChI=1S/C21H22ClFN4O5S/c1-4-21(13-5-7-14(23)8-6-13)19(29)27(20(30)25-21)12-18(28)24-17-11-15(9-10-16(17)22)33(31,32)26(2)3/h5-11H,4,12H2,1-3H3,(H,24,28)(H,25,30)/t21-/m0/s1. The lowest BCUT2D eigenvalue weighted by molar-refractivity contribution is -0.134. The van der Waals surface area contributed by atoms with Crippen molar-refractivity contribution in [3.8, 4) is 0 Å². The molecule has 2 N–H and O–H groups in total. The minimum atomic E-state index is -3.78. The van der Waals surface area contributed by atoms with Crippen molar-refractivity contribution >= 4 is 45.2 Å². The first kappa shape index (κ1) is 24.6. The van der Waals surface area contributed by atoms with Crippen molar-refractivity contribution in [2.45, 2.75) is 23.8 Å². The highest BCUT2D eigenvalue weighted by molar-refractivity contribution is 7.89. The smallest absolute Gasteiger partial charge is 0.323 e. The second-order valence-corrected chi connectivity index (χ2v) is 10.1. The van der Waals surface area contributed by atoms with Gasteiger partial charge in [-0.2, -0.15) is 0 Å². The summed E-state index contributed by atoms with van der Waals surface area (Å²) in [5, 5.41) is 5.12. The number of imide groups is 1. The molecular formula is C21H22ClFN4O5S. The van der Waals surface area contributed by atoms with E-state index in [2.05, 4.69) is 10.6 Å². The largest absolute Gasteiger partial charge is 0.325 e. The predicted octanol–water partition coefficient (Wildman–Crippen LogP) is 2.53. The summed E-state index contributed by atoms with van der Waals surface area (Å²) in [5.41, 5.74) is -1.03. The lowest BCUT2D eigenvalue weighted by atomic mass is 9.87. The van der Waals surface area contributed by atoms with Gasteiger partial charge >= 0.3 is 6.03 Å². The summed E-state index contributed by atoms with van der Waals surface area (Å²) in [7, 11) is -1.05. The van der Waals surface area contributed by atoms with E-state index in [4.69, 9.17) is 11.6 Å². The van der Waals surface area contributed by atoms with Crippen molar-refractivity contribution in [1.82, 2.24) is 14.5 Å². The highest BCUT2D eigenvalue weighted by Crippen LogP contribution is 2.33. The number of benzene rings is 2. The summed E-state index contributed by atoms with van der Waals surface area (Å²) in [5.74, 6) is -1.91. The molecule has 0 saturated carbocycles. The minimum Gasteiger partial charge on any atom is -0.323 e. The van der Waals surface area contributed by atoms with Gasteiger partial charge < -0.3 is 10.6 Å². The summed E-state index contributed by atoms with van der Waals surface area (Å²) < 4.78 is 39.0. The molecule has 3 rings (SSSR count). The molecule has 2 aromatic carbocycles. The minimum absolute atomic E-state index is 0.0111. The van der Waals surface area contributed by atoms with Gasteiger partial charge in [-0.1, -0.05) is 30.7 Å². The molecule has 33 heavy (non-hydrogen) atoms. The third-order valence-corrected chi connectivity index (χ3v) is 7.48. The molecule has 1 atom stereocenters. The number of carbonyl (C=O) groups excluding carboxylic acids is 3. The molecule has 0 aromatic heterocycles. The van der Waals surface area contributed by atoms with Crippen molar-refractivity contribution in [1.29, 1.82) is 0 Å². The molecule has 0 aliphatic carbocycles. The average Bonchev–Trinajstić information content (AvgIpc) is 3.00. The number of amides is 4. The predicted molar refractivity (Wildman–Crippen MR) is 120 cm³/mol. The molecule has 1 fully saturated rings. The number of urea groups is 1. The van der Waals surface area contributed by atoms with Gasteiger partial charge in [0.15, 0.2) is 0 Å². The fraction of sp³-hybridized carbons (Fsp3) is 0.286. The maximum atomic E-state index is 13.3. The van der Waals surface area contributed by atoms with Crippen LogP contribution in [0.15, 0.2) is 47.4 Å². The fourth-order valence-corrected chi connectivity index (χ4v) is 4.54. The van der Waals surface area contributed by atoms with Crippen molar-refractivity contribution in [2.75, 3.05) is 26.0 Å². The van der Waals surface area contributed by atoms with Crippen molar-refractivity contribution in [3.05, 3.63) is 58.9 Å². The van der Waals surface area contributed by atoms with E-state index in [0.717, 1.165) is 9.21 Å². The Morgan fingerprint density at radius 3 is 2.39 bits per heavy atom.